The number of hydrogen-bond acceptors (Lipinski definition) is 3. The molecule has 2 rings (SSSR count). The molecule has 0 bridgehead atoms. The molecule has 0 spiro atoms. The van der Waals surface area contributed by atoms with Crippen LogP contribution < -0.4 is 5.32 Å². The summed E-state index contributed by atoms with van der Waals surface area (Å²) in [5.74, 6) is 2.83. The fraction of sp³-hybridized carbons (Fsp3) is 0.706. The van der Waals surface area contributed by atoms with E-state index in [1.165, 1.54) is 12.8 Å². The lowest BCUT2D eigenvalue weighted by atomic mass is 10.00. The summed E-state index contributed by atoms with van der Waals surface area (Å²) in [5, 5.41) is 3.43. The number of piperidine rings is 1. The van der Waals surface area contributed by atoms with Gasteiger partial charge in [-0.25, -0.2) is 0 Å². The Kier molecular flexibility index (Phi) is 6.31. The molecule has 0 saturated carbocycles. The zero-order valence-corrected chi connectivity index (χ0v) is 14.4. The van der Waals surface area contributed by atoms with Crippen molar-refractivity contribution in [2.24, 2.45) is 10.9 Å². The molecule has 5 heteroatoms. The number of likely N-dealkylation sites (tertiary alicyclic amines) is 1. The van der Waals surface area contributed by atoms with Gasteiger partial charge in [0.1, 0.15) is 5.76 Å². The van der Waals surface area contributed by atoms with Gasteiger partial charge in [-0.15, -0.1) is 0 Å². The zero-order valence-electron chi connectivity index (χ0n) is 14.4. The minimum atomic E-state index is 0.173. The van der Waals surface area contributed by atoms with Crippen LogP contribution >= 0.6 is 0 Å². The van der Waals surface area contributed by atoms with Crippen molar-refractivity contribution >= 4 is 5.96 Å². The smallest absolute Gasteiger partial charge is 0.193 e. The number of guanidine groups is 1. The minimum absolute atomic E-state index is 0.173. The molecule has 5 nitrogen and oxygen atoms in total. The Labute approximate surface area is 134 Å². The Morgan fingerprint density at radius 2 is 2.18 bits per heavy atom. The van der Waals surface area contributed by atoms with Gasteiger partial charge in [-0.3, -0.25) is 9.89 Å². The predicted molar refractivity (Wildman–Crippen MR) is 91.1 cm³/mol. The molecular formula is C17H30N4O. The van der Waals surface area contributed by atoms with Crippen molar-refractivity contribution in [3.05, 3.63) is 24.2 Å². The van der Waals surface area contributed by atoms with E-state index < -0.39 is 0 Å². The highest BCUT2D eigenvalue weighted by atomic mass is 16.3. The standard InChI is InChI=1S/C17H30N4O/c1-5-18-17(21-10-8-14(2)9-11-21)19-13-15(20(3)4)16-7-6-12-22-16/h6-7,12,14-15H,5,8-11,13H2,1-4H3,(H,18,19). The van der Waals surface area contributed by atoms with Crippen LogP contribution in [0, 0.1) is 5.92 Å². The van der Waals surface area contributed by atoms with Gasteiger partial charge in [-0.1, -0.05) is 6.92 Å². The van der Waals surface area contributed by atoms with Crippen LogP contribution in [-0.2, 0) is 0 Å². The normalized spacial score (nSPS) is 18.8. The molecule has 124 valence electrons. The first-order valence-corrected chi connectivity index (χ1v) is 8.35. The highest BCUT2D eigenvalue weighted by molar-refractivity contribution is 5.80. The van der Waals surface area contributed by atoms with Gasteiger partial charge >= 0.3 is 0 Å². The van der Waals surface area contributed by atoms with Gasteiger partial charge in [0.2, 0.25) is 0 Å². The molecule has 1 aliphatic heterocycles. The van der Waals surface area contributed by atoms with Crippen LogP contribution in [-0.4, -0.2) is 56.0 Å². The molecule has 1 atom stereocenters. The molecule has 1 unspecified atom stereocenters. The van der Waals surface area contributed by atoms with Gasteiger partial charge < -0.3 is 14.6 Å². The van der Waals surface area contributed by atoms with Crippen molar-refractivity contribution in [3.63, 3.8) is 0 Å². The van der Waals surface area contributed by atoms with Crippen molar-refractivity contribution in [1.29, 1.82) is 0 Å². The molecule has 0 aliphatic carbocycles. The zero-order chi connectivity index (χ0) is 15.9. The molecule has 1 aromatic rings. The van der Waals surface area contributed by atoms with Crippen LogP contribution in [0.2, 0.25) is 0 Å². The highest BCUT2D eigenvalue weighted by Gasteiger charge is 2.20. The number of rotatable bonds is 5. The second-order valence-electron chi connectivity index (χ2n) is 6.36. The van der Waals surface area contributed by atoms with Crippen LogP contribution in [0.1, 0.15) is 38.5 Å². The molecule has 1 aliphatic rings. The van der Waals surface area contributed by atoms with Crippen LogP contribution in [0.25, 0.3) is 0 Å². The minimum Gasteiger partial charge on any atom is -0.468 e. The van der Waals surface area contributed by atoms with Crippen LogP contribution in [0.3, 0.4) is 0 Å². The first kappa shape index (κ1) is 16.9. The van der Waals surface area contributed by atoms with E-state index in [-0.39, 0.29) is 6.04 Å². The average molecular weight is 306 g/mol. The van der Waals surface area contributed by atoms with E-state index in [1.54, 1.807) is 6.26 Å². The van der Waals surface area contributed by atoms with E-state index in [0.29, 0.717) is 6.54 Å². The fourth-order valence-electron chi connectivity index (χ4n) is 2.81. The third-order valence-electron chi connectivity index (χ3n) is 4.33. The Hall–Kier alpha value is -1.49. The van der Waals surface area contributed by atoms with Crippen molar-refractivity contribution in [1.82, 2.24) is 15.1 Å². The van der Waals surface area contributed by atoms with Crippen molar-refractivity contribution in [2.75, 3.05) is 40.3 Å². The maximum absolute atomic E-state index is 5.56. The Morgan fingerprint density at radius 1 is 1.45 bits per heavy atom. The summed E-state index contributed by atoms with van der Waals surface area (Å²) in [7, 11) is 4.14. The van der Waals surface area contributed by atoms with Crippen LogP contribution in [0.15, 0.2) is 27.8 Å². The Balaban J connectivity index is 2.05. The fourth-order valence-corrected chi connectivity index (χ4v) is 2.81. The van der Waals surface area contributed by atoms with Crippen molar-refractivity contribution in [2.45, 2.75) is 32.7 Å². The van der Waals surface area contributed by atoms with Gasteiger partial charge in [-0.2, -0.15) is 0 Å². The topological polar surface area (TPSA) is 44.0 Å². The summed E-state index contributed by atoms with van der Waals surface area (Å²) in [4.78, 5) is 9.41. The van der Waals surface area contributed by atoms with Gasteiger partial charge in [-0.05, 0) is 51.9 Å². The molecule has 0 amide bonds. The number of nitrogens with one attached hydrogen (secondary N) is 1. The first-order valence-electron chi connectivity index (χ1n) is 8.35. The van der Waals surface area contributed by atoms with Crippen LogP contribution in [0.4, 0.5) is 0 Å². The predicted octanol–water partition coefficient (Wildman–Crippen LogP) is 2.58. The lowest BCUT2D eigenvalue weighted by molar-refractivity contribution is 0.257. The summed E-state index contributed by atoms with van der Waals surface area (Å²) in [6.07, 6.45) is 4.23. The highest BCUT2D eigenvalue weighted by Crippen LogP contribution is 2.20. The van der Waals surface area contributed by atoms with E-state index in [1.807, 2.05) is 12.1 Å². The number of likely N-dealkylation sites (N-methyl/N-ethyl adjacent to an activating group) is 1. The van der Waals surface area contributed by atoms with Gasteiger partial charge in [0.05, 0.1) is 18.8 Å². The third kappa shape index (κ3) is 4.50. The Bertz CT molecular complexity index is 447. The first-order chi connectivity index (χ1) is 10.6. The number of aliphatic imine (C=N–C) groups is 1. The van der Waals surface area contributed by atoms with E-state index in [9.17, 15) is 0 Å². The quantitative estimate of drug-likeness (QED) is 0.671. The average Bonchev–Trinajstić information content (AvgIpc) is 3.01. The van der Waals surface area contributed by atoms with Gasteiger partial charge in [0.25, 0.3) is 0 Å². The molecule has 1 fully saturated rings. The lowest BCUT2D eigenvalue weighted by Gasteiger charge is -2.33. The molecule has 22 heavy (non-hydrogen) atoms. The second-order valence-corrected chi connectivity index (χ2v) is 6.36. The third-order valence-corrected chi connectivity index (χ3v) is 4.33. The number of nitrogens with zero attached hydrogens (tertiary/aromatic N) is 3. The molecule has 1 N–H and O–H groups in total. The summed E-state index contributed by atoms with van der Waals surface area (Å²) >= 11 is 0. The van der Waals surface area contributed by atoms with E-state index in [2.05, 4.69) is 43.1 Å². The summed E-state index contributed by atoms with van der Waals surface area (Å²) < 4.78 is 5.56. The van der Waals surface area contributed by atoms with E-state index >= 15 is 0 Å². The van der Waals surface area contributed by atoms with E-state index in [0.717, 1.165) is 37.3 Å². The van der Waals surface area contributed by atoms with Crippen LogP contribution in [0.5, 0.6) is 0 Å². The second kappa shape index (κ2) is 8.22. The van der Waals surface area contributed by atoms with Crippen molar-refractivity contribution in [3.8, 4) is 0 Å². The van der Waals surface area contributed by atoms with Gasteiger partial charge in [0.15, 0.2) is 5.96 Å². The summed E-state index contributed by atoms with van der Waals surface area (Å²) in [5.41, 5.74) is 0. The molecule has 0 aromatic carbocycles. The monoisotopic (exact) mass is 306 g/mol. The maximum atomic E-state index is 5.56. The van der Waals surface area contributed by atoms with Crippen molar-refractivity contribution < 1.29 is 4.42 Å². The SMILES string of the molecule is CCNC(=NCC(c1ccco1)N(C)C)N1CCC(C)CC1. The summed E-state index contributed by atoms with van der Waals surface area (Å²) in [6.45, 7) is 8.26. The number of hydrogen-bond donors (Lipinski definition) is 1. The largest absolute Gasteiger partial charge is 0.468 e. The Morgan fingerprint density at radius 3 is 2.73 bits per heavy atom. The van der Waals surface area contributed by atoms with E-state index in [4.69, 9.17) is 9.41 Å². The lowest BCUT2D eigenvalue weighted by Crippen LogP contribution is -2.45. The van der Waals surface area contributed by atoms with Gasteiger partial charge in [0, 0.05) is 19.6 Å². The molecule has 2 heterocycles. The molecule has 1 aromatic heterocycles. The maximum Gasteiger partial charge on any atom is 0.193 e. The molecule has 1 saturated heterocycles. The summed E-state index contributed by atoms with van der Waals surface area (Å²) in [6, 6.07) is 4.13. The molecule has 0 radical (unpaired) electrons. The number of furan rings is 1. The molecular weight excluding hydrogens is 276 g/mol.